The largest absolute Gasteiger partial charge is 0.231 e. The van der Waals surface area contributed by atoms with Crippen LogP contribution in [0.2, 0.25) is 0 Å². The molecule has 0 nitrogen and oxygen atoms in total. The van der Waals surface area contributed by atoms with Gasteiger partial charge in [0.15, 0.2) is 0 Å². The van der Waals surface area contributed by atoms with Crippen molar-refractivity contribution in [2.45, 2.75) is 0 Å². The van der Waals surface area contributed by atoms with E-state index in [1.165, 1.54) is 0 Å². The monoisotopic (exact) mass is 224 g/mol. The van der Waals surface area contributed by atoms with Gasteiger partial charge >= 0.3 is 0 Å². The molecule has 0 saturated carbocycles. The maximum Gasteiger partial charge on any atom is 0.231 e. The molecule has 0 fully saturated rings. The molecule has 0 unspecified atom stereocenters. The Labute approximate surface area is 52.3 Å². The first-order valence-corrected chi connectivity index (χ1v) is 2.46. The summed E-state index contributed by atoms with van der Waals surface area (Å²) in [7, 11) is 0. The van der Waals surface area contributed by atoms with Crippen molar-refractivity contribution in [2.75, 3.05) is 0 Å². The smallest absolute Gasteiger partial charge is 0.196 e. The SMILES string of the molecule is FC(Cl)=C(F)I. The molecule has 0 atom stereocenters. The fraction of sp³-hybridized carbons (Fsp3) is 0. The molecule has 0 aromatic rings. The predicted octanol–water partition coefficient (Wildman–Crippen LogP) is 2.73. The van der Waals surface area contributed by atoms with Crippen molar-refractivity contribution in [3.05, 3.63) is 9.12 Å². The third-order valence-corrected chi connectivity index (χ3v) is 1.10. The zero-order chi connectivity index (χ0) is 5.15. The summed E-state index contributed by atoms with van der Waals surface area (Å²) < 4.78 is 21.3. The first-order chi connectivity index (χ1) is 2.64. The summed E-state index contributed by atoms with van der Waals surface area (Å²) >= 11 is 5.58. The van der Waals surface area contributed by atoms with Gasteiger partial charge in [-0.15, -0.1) is 0 Å². The topological polar surface area (TPSA) is 0 Å². The lowest BCUT2D eigenvalue weighted by Crippen LogP contribution is -1.51. The molecule has 36 valence electrons. The minimum Gasteiger partial charge on any atom is -0.196 e. The van der Waals surface area contributed by atoms with E-state index in [2.05, 4.69) is 11.6 Å². The molecule has 0 aliphatic heterocycles. The summed E-state index contributed by atoms with van der Waals surface area (Å²) in [5.41, 5.74) is 0. The first-order valence-electron chi connectivity index (χ1n) is 1.01. The molecule has 4 heteroatoms. The molecule has 0 aromatic heterocycles. The number of rotatable bonds is 0. The second kappa shape index (κ2) is 2.74. The molecule has 0 radical (unpaired) electrons. The van der Waals surface area contributed by atoms with Crippen LogP contribution in [-0.4, -0.2) is 0 Å². The highest BCUT2D eigenvalue weighted by molar-refractivity contribution is 14.1. The summed E-state index contributed by atoms with van der Waals surface area (Å²) in [6.07, 6.45) is 0. The minimum atomic E-state index is -1.28. The van der Waals surface area contributed by atoms with Crippen LogP contribution in [0.15, 0.2) is 9.12 Å². The van der Waals surface area contributed by atoms with Gasteiger partial charge in [0.1, 0.15) is 0 Å². The Bertz CT molecular complexity index is 61.6. The van der Waals surface area contributed by atoms with Gasteiger partial charge in [0.05, 0.1) is 0 Å². The highest BCUT2D eigenvalue weighted by Crippen LogP contribution is 2.17. The summed E-state index contributed by atoms with van der Waals surface area (Å²) in [5, 5.41) is -1.28. The van der Waals surface area contributed by atoms with Crippen molar-refractivity contribution in [2.24, 2.45) is 0 Å². The fourth-order valence-electron chi connectivity index (χ4n) is 0. The maximum absolute atomic E-state index is 11.2. The lowest BCUT2D eigenvalue weighted by atomic mass is 11.2. The molecule has 0 saturated heterocycles. The number of hydrogen-bond donors (Lipinski definition) is 0. The maximum atomic E-state index is 11.2. The third kappa shape index (κ3) is 2.84. The van der Waals surface area contributed by atoms with E-state index in [9.17, 15) is 8.78 Å². The van der Waals surface area contributed by atoms with E-state index in [1.54, 1.807) is 0 Å². The van der Waals surface area contributed by atoms with Crippen LogP contribution in [-0.2, 0) is 0 Å². The van der Waals surface area contributed by atoms with Crippen LogP contribution < -0.4 is 0 Å². The number of halogens is 4. The third-order valence-electron chi connectivity index (χ3n) is 0.143. The van der Waals surface area contributed by atoms with Crippen LogP contribution in [0.4, 0.5) is 8.78 Å². The first kappa shape index (κ1) is 6.62. The lowest BCUT2D eigenvalue weighted by Gasteiger charge is -1.73. The highest BCUT2D eigenvalue weighted by atomic mass is 127. The Morgan fingerprint density at radius 3 is 1.67 bits per heavy atom. The zero-order valence-electron chi connectivity index (χ0n) is 2.51. The van der Waals surface area contributed by atoms with Crippen molar-refractivity contribution in [3.8, 4) is 0 Å². The standard InChI is InChI=1S/C2ClF2I/c3-1(4)2(5)6. The van der Waals surface area contributed by atoms with Crippen LogP contribution in [0, 0.1) is 0 Å². The fourth-order valence-corrected chi connectivity index (χ4v) is 0. The van der Waals surface area contributed by atoms with E-state index >= 15 is 0 Å². The summed E-state index contributed by atoms with van der Waals surface area (Å²) in [5.74, 6) is 0. The van der Waals surface area contributed by atoms with Gasteiger partial charge in [-0.05, 0) is 34.2 Å². The van der Waals surface area contributed by atoms with Crippen molar-refractivity contribution in [1.29, 1.82) is 0 Å². The van der Waals surface area contributed by atoms with E-state index in [0.29, 0.717) is 0 Å². The normalized spacial score (nSPS) is 14.0. The van der Waals surface area contributed by atoms with Gasteiger partial charge in [0, 0.05) is 0 Å². The zero-order valence-corrected chi connectivity index (χ0v) is 5.43. The minimum absolute atomic E-state index is 1.01. The second-order valence-electron chi connectivity index (χ2n) is 0.521. The molecule has 6 heavy (non-hydrogen) atoms. The molecule has 0 spiro atoms. The lowest BCUT2D eigenvalue weighted by molar-refractivity contribution is 0.620. The van der Waals surface area contributed by atoms with Gasteiger partial charge in [-0.25, -0.2) is 0 Å². The Kier molecular flexibility index (Phi) is 3.02. The summed E-state index contributed by atoms with van der Waals surface area (Å²) in [6.45, 7) is 0. The van der Waals surface area contributed by atoms with E-state index in [-0.39, 0.29) is 0 Å². The van der Waals surface area contributed by atoms with E-state index in [1.807, 2.05) is 0 Å². The van der Waals surface area contributed by atoms with E-state index in [0.717, 1.165) is 22.6 Å². The molecule has 0 aromatic carbocycles. The Balaban J connectivity index is 3.68. The summed E-state index contributed by atoms with van der Waals surface area (Å²) in [4.78, 5) is 0. The number of hydrogen-bond acceptors (Lipinski definition) is 0. The Morgan fingerprint density at radius 1 is 1.50 bits per heavy atom. The van der Waals surface area contributed by atoms with Crippen LogP contribution in [0.5, 0.6) is 0 Å². The molecule has 0 N–H and O–H groups in total. The van der Waals surface area contributed by atoms with Gasteiger partial charge in [-0.3, -0.25) is 0 Å². The second-order valence-corrected chi connectivity index (χ2v) is 1.80. The van der Waals surface area contributed by atoms with E-state index in [4.69, 9.17) is 0 Å². The van der Waals surface area contributed by atoms with Gasteiger partial charge < -0.3 is 0 Å². The van der Waals surface area contributed by atoms with Crippen molar-refractivity contribution >= 4 is 34.2 Å². The predicted molar refractivity (Wildman–Crippen MR) is 29.1 cm³/mol. The Morgan fingerprint density at radius 2 is 1.67 bits per heavy atom. The average Bonchev–Trinajstić information content (AvgIpc) is 1.36. The van der Waals surface area contributed by atoms with Gasteiger partial charge in [0.25, 0.3) is 0 Å². The molecule has 0 aliphatic carbocycles. The molecule has 0 rings (SSSR count). The van der Waals surface area contributed by atoms with Gasteiger partial charge in [0.2, 0.25) is 9.12 Å². The highest BCUT2D eigenvalue weighted by Gasteiger charge is 1.92. The van der Waals surface area contributed by atoms with Crippen LogP contribution in [0.3, 0.4) is 0 Å². The Hall–Kier alpha value is 0.620. The van der Waals surface area contributed by atoms with Crippen LogP contribution in [0.1, 0.15) is 0 Å². The molecule has 0 aliphatic rings. The molecule has 0 bridgehead atoms. The van der Waals surface area contributed by atoms with E-state index < -0.39 is 9.12 Å². The quantitative estimate of drug-likeness (QED) is 0.555. The van der Waals surface area contributed by atoms with Gasteiger partial charge in [-0.1, -0.05) is 0 Å². The van der Waals surface area contributed by atoms with Crippen LogP contribution in [0.25, 0.3) is 0 Å². The average molecular weight is 224 g/mol. The van der Waals surface area contributed by atoms with Crippen LogP contribution >= 0.6 is 34.2 Å². The molecular weight excluding hydrogens is 224 g/mol. The van der Waals surface area contributed by atoms with Crippen molar-refractivity contribution < 1.29 is 8.78 Å². The van der Waals surface area contributed by atoms with Crippen molar-refractivity contribution in [1.82, 2.24) is 0 Å². The molecule has 0 amide bonds. The van der Waals surface area contributed by atoms with Gasteiger partial charge in [-0.2, -0.15) is 8.78 Å². The summed E-state index contributed by atoms with van der Waals surface area (Å²) in [6, 6.07) is 0. The molecule has 0 heterocycles. The molecular formula is C2ClF2I. The van der Waals surface area contributed by atoms with Crippen molar-refractivity contribution in [3.63, 3.8) is 0 Å².